The summed E-state index contributed by atoms with van der Waals surface area (Å²) >= 11 is 15.0. The molecule has 0 fully saturated rings. The molecule has 3 nitrogen and oxygen atoms in total. The molecule has 1 N–H and O–H groups in total. The molecule has 0 saturated carbocycles. The fourth-order valence-electron chi connectivity index (χ4n) is 1.60. The summed E-state index contributed by atoms with van der Waals surface area (Å²) in [4.78, 5) is 12.1. The lowest BCUT2D eigenvalue weighted by Crippen LogP contribution is -2.12. The Labute approximate surface area is 134 Å². The van der Waals surface area contributed by atoms with E-state index in [2.05, 4.69) is 21.2 Å². The van der Waals surface area contributed by atoms with Gasteiger partial charge in [-0.2, -0.15) is 5.26 Å². The van der Waals surface area contributed by atoms with Crippen molar-refractivity contribution < 1.29 is 4.79 Å². The van der Waals surface area contributed by atoms with E-state index in [1.54, 1.807) is 24.3 Å². The van der Waals surface area contributed by atoms with Crippen molar-refractivity contribution in [2.75, 3.05) is 5.32 Å². The molecule has 2 aromatic carbocycles. The molecule has 0 unspecified atom stereocenters. The van der Waals surface area contributed by atoms with E-state index in [4.69, 9.17) is 28.5 Å². The van der Waals surface area contributed by atoms with Gasteiger partial charge in [-0.25, -0.2) is 0 Å². The van der Waals surface area contributed by atoms with Gasteiger partial charge in [0.1, 0.15) is 6.07 Å². The van der Waals surface area contributed by atoms with Gasteiger partial charge in [-0.1, -0.05) is 39.1 Å². The summed E-state index contributed by atoms with van der Waals surface area (Å²) in [7, 11) is 0. The molecule has 0 aliphatic carbocycles. The number of hydrogen-bond acceptors (Lipinski definition) is 2. The Bertz CT molecular complexity index is 705. The quantitative estimate of drug-likeness (QED) is 0.820. The summed E-state index contributed by atoms with van der Waals surface area (Å²) in [5.41, 5.74) is 1.12. The van der Waals surface area contributed by atoms with Crippen molar-refractivity contribution >= 4 is 50.7 Å². The SMILES string of the molecule is N#Cc1cc(Br)ccc1NC(=O)c1cc(Cl)cc(Cl)c1. The molecule has 1 amide bonds. The molecular weight excluding hydrogens is 363 g/mol. The Balaban J connectivity index is 2.30. The molecule has 0 aliphatic heterocycles. The van der Waals surface area contributed by atoms with Gasteiger partial charge in [-0.3, -0.25) is 4.79 Å². The number of carbonyl (C=O) groups excluding carboxylic acids is 1. The second kappa shape index (κ2) is 6.27. The molecule has 0 atom stereocenters. The minimum absolute atomic E-state index is 0.328. The molecular formula is C14H7BrCl2N2O. The Kier molecular flexibility index (Phi) is 4.66. The summed E-state index contributed by atoms with van der Waals surface area (Å²) < 4.78 is 0.762. The van der Waals surface area contributed by atoms with Crippen LogP contribution < -0.4 is 5.32 Å². The summed E-state index contributed by atoms with van der Waals surface area (Å²) in [5.74, 6) is -0.381. The zero-order valence-corrected chi connectivity index (χ0v) is 13.1. The van der Waals surface area contributed by atoms with E-state index in [-0.39, 0.29) is 5.91 Å². The molecule has 0 aliphatic rings. The normalized spacial score (nSPS) is 9.90. The number of nitriles is 1. The number of nitrogens with zero attached hydrogens (tertiary/aromatic N) is 1. The standard InChI is InChI=1S/C14H7BrCl2N2O/c15-10-1-2-13(9(3-10)7-18)19-14(20)8-4-11(16)6-12(17)5-8/h1-6H,(H,19,20). The van der Waals surface area contributed by atoms with Crippen molar-refractivity contribution in [1.82, 2.24) is 0 Å². The van der Waals surface area contributed by atoms with Crippen molar-refractivity contribution in [3.63, 3.8) is 0 Å². The second-order valence-corrected chi connectivity index (χ2v) is 5.70. The molecule has 0 heterocycles. The van der Waals surface area contributed by atoms with Crippen molar-refractivity contribution in [1.29, 1.82) is 5.26 Å². The lowest BCUT2D eigenvalue weighted by Gasteiger charge is -2.08. The van der Waals surface area contributed by atoms with E-state index in [1.807, 2.05) is 6.07 Å². The highest BCUT2D eigenvalue weighted by Gasteiger charge is 2.11. The molecule has 0 radical (unpaired) electrons. The molecule has 2 rings (SSSR count). The number of anilines is 1. The maximum Gasteiger partial charge on any atom is 0.255 e. The predicted octanol–water partition coefficient (Wildman–Crippen LogP) is 4.88. The van der Waals surface area contributed by atoms with Crippen molar-refractivity contribution in [2.24, 2.45) is 0 Å². The zero-order chi connectivity index (χ0) is 14.7. The van der Waals surface area contributed by atoms with E-state index < -0.39 is 0 Å². The van der Waals surface area contributed by atoms with Crippen LogP contribution in [0.25, 0.3) is 0 Å². The summed E-state index contributed by atoms with van der Waals surface area (Å²) in [6.07, 6.45) is 0. The van der Waals surface area contributed by atoms with Crippen LogP contribution in [0.3, 0.4) is 0 Å². The lowest BCUT2D eigenvalue weighted by atomic mass is 10.1. The van der Waals surface area contributed by atoms with Gasteiger partial charge in [0.15, 0.2) is 0 Å². The van der Waals surface area contributed by atoms with E-state index in [1.165, 1.54) is 12.1 Å². The molecule has 6 heteroatoms. The van der Waals surface area contributed by atoms with Crippen molar-refractivity contribution in [3.05, 3.63) is 62.0 Å². The first-order valence-electron chi connectivity index (χ1n) is 5.46. The smallest absolute Gasteiger partial charge is 0.255 e. The van der Waals surface area contributed by atoms with Gasteiger partial charge < -0.3 is 5.32 Å². The highest BCUT2D eigenvalue weighted by Crippen LogP contribution is 2.23. The maximum absolute atomic E-state index is 12.1. The fourth-order valence-corrected chi connectivity index (χ4v) is 2.48. The molecule has 2 aromatic rings. The van der Waals surface area contributed by atoms with Gasteiger partial charge in [0.25, 0.3) is 5.91 Å². The highest BCUT2D eigenvalue weighted by molar-refractivity contribution is 9.10. The van der Waals surface area contributed by atoms with Gasteiger partial charge >= 0.3 is 0 Å². The third-order valence-corrected chi connectivity index (χ3v) is 3.40. The van der Waals surface area contributed by atoms with Crippen LogP contribution in [0.5, 0.6) is 0 Å². The van der Waals surface area contributed by atoms with Crippen molar-refractivity contribution in [3.8, 4) is 6.07 Å². The van der Waals surface area contributed by atoms with Crippen LogP contribution in [0.4, 0.5) is 5.69 Å². The van der Waals surface area contributed by atoms with Gasteiger partial charge in [-0.15, -0.1) is 0 Å². The summed E-state index contributed by atoms with van der Waals surface area (Å²) in [6.45, 7) is 0. The minimum Gasteiger partial charge on any atom is -0.321 e. The fraction of sp³-hybridized carbons (Fsp3) is 0. The average molecular weight is 370 g/mol. The van der Waals surface area contributed by atoms with Gasteiger partial charge in [0.2, 0.25) is 0 Å². The minimum atomic E-state index is -0.381. The molecule has 0 spiro atoms. The van der Waals surface area contributed by atoms with Crippen molar-refractivity contribution in [2.45, 2.75) is 0 Å². The molecule has 20 heavy (non-hydrogen) atoms. The van der Waals surface area contributed by atoms with Crippen LogP contribution in [-0.2, 0) is 0 Å². The lowest BCUT2D eigenvalue weighted by molar-refractivity contribution is 0.102. The summed E-state index contributed by atoms with van der Waals surface area (Å²) in [6, 6.07) is 11.6. The molecule has 0 bridgehead atoms. The number of rotatable bonds is 2. The van der Waals surface area contributed by atoms with E-state index in [0.29, 0.717) is 26.9 Å². The molecule has 100 valence electrons. The Morgan fingerprint density at radius 1 is 1.15 bits per heavy atom. The van der Waals surface area contributed by atoms with Crippen LogP contribution in [0, 0.1) is 11.3 Å². The van der Waals surface area contributed by atoms with Crippen LogP contribution in [0.15, 0.2) is 40.9 Å². The number of nitrogens with one attached hydrogen (secondary N) is 1. The number of carbonyl (C=O) groups is 1. The predicted molar refractivity (Wildman–Crippen MR) is 83.3 cm³/mol. The number of halogens is 3. The zero-order valence-electron chi connectivity index (χ0n) is 9.95. The van der Waals surface area contributed by atoms with E-state index >= 15 is 0 Å². The first-order valence-corrected chi connectivity index (χ1v) is 7.01. The maximum atomic E-state index is 12.1. The van der Waals surface area contributed by atoms with Crippen LogP contribution >= 0.6 is 39.1 Å². The summed E-state index contributed by atoms with van der Waals surface area (Å²) in [5, 5.41) is 12.5. The average Bonchev–Trinajstić information content (AvgIpc) is 2.39. The third kappa shape index (κ3) is 3.51. The van der Waals surface area contributed by atoms with E-state index in [0.717, 1.165) is 4.47 Å². The first-order chi connectivity index (χ1) is 9.49. The van der Waals surface area contributed by atoms with Crippen LogP contribution in [-0.4, -0.2) is 5.91 Å². The third-order valence-electron chi connectivity index (χ3n) is 2.48. The van der Waals surface area contributed by atoms with Gasteiger partial charge in [-0.05, 0) is 36.4 Å². The Hall–Kier alpha value is -1.54. The monoisotopic (exact) mass is 368 g/mol. The topological polar surface area (TPSA) is 52.9 Å². The molecule has 0 saturated heterocycles. The largest absolute Gasteiger partial charge is 0.321 e. The number of hydrogen-bond donors (Lipinski definition) is 1. The van der Waals surface area contributed by atoms with Crippen LogP contribution in [0.1, 0.15) is 15.9 Å². The van der Waals surface area contributed by atoms with Gasteiger partial charge in [0, 0.05) is 20.1 Å². The first kappa shape index (κ1) is 14.9. The Morgan fingerprint density at radius 3 is 2.40 bits per heavy atom. The van der Waals surface area contributed by atoms with Crippen LogP contribution in [0.2, 0.25) is 10.0 Å². The van der Waals surface area contributed by atoms with E-state index in [9.17, 15) is 4.79 Å². The highest BCUT2D eigenvalue weighted by atomic mass is 79.9. The molecule has 0 aromatic heterocycles. The number of amides is 1. The second-order valence-electron chi connectivity index (χ2n) is 3.91. The number of benzene rings is 2. The Morgan fingerprint density at radius 2 is 1.80 bits per heavy atom. The van der Waals surface area contributed by atoms with Gasteiger partial charge in [0.05, 0.1) is 11.3 Å².